The Morgan fingerprint density at radius 3 is 2.67 bits per heavy atom. The number of carbonyl (C=O) groups is 1. The summed E-state index contributed by atoms with van der Waals surface area (Å²) in [6.07, 6.45) is 0. The first-order valence-electron chi connectivity index (χ1n) is 8.84. The molecule has 1 aliphatic heterocycles. The molecule has 0 saturated carbocycles. The summed E-state index contributed by atoms with van der Waals surface area (Å²) in [7, 11) is 0. The molecule has 1 amide bonds. The summed E-state index contributed by atoms with van der Waals surface area (Å²) in [6.45, 7) is 2.99. The van der Waals surface area contributed by atoms with Crippen molar-refractivity contribution in [3.8, 4) is 5.75 Å². The van der Waals surface area contributed by atoms with E-state index in [9.17, 15) is 9.18 Å². The number of carbonyl (C=O) groups excluding carboxylic acids is 1. The van der Waals surface area contributed by atoms with Gasteiger partial charge in [0.05, 0.1) is 19.3 Å². The molecule has 0 spiro atoms. The Morgan fingerprint density at radius 1 is 1.22 bits per heavy atom. The highest BCUT2D eigenvalue weighted by Gasteiger charge is 2.23. The van der Waals surface area contributed by atoms with E-state index in [2.05, 4.69) is 10.2 Å². The average Bonchev–Trinajstić information content (AvgIpc) is 2.69. The third-order valence-corrected chi connectivity index (χ3v) is 4.65. The summed E-state index contributed by atoms with van der Waals surface area (Å²) < 4.78 is 24.5. The molecule has 0 aromatic heterocycles. The van der Waals surface area contributed by atoms with Crippen molar-refractivity contribution in [3.05, 3.63) is 64.9 Å². The van der Waals surface area contributed by atoms with Crippen LogP contribution in [-0.2, 0) is 9.53 Å². The molecular formula is C20H22ClFN2O3. The fourth-order valence-corrected chi connectivity index (χ4v) is 3.13. The molecule has 2 aromatic rings. The Morgan fingerprint density at radius 2 is 1.96 bits per heavy atom. The third-order valence-electron chi connectivity index (χ3n) is 4.40. The molecule has 3 rings (SSSR count). The second-order valence-electron chi connectivity index (χ2n) is 6.27. The lowest BCUT2D eigenvalue weighted by Crippen LogP contribution is -2.44. The molecule has 1 N–H and O–H groups in total. The number of hydrogen-bond acceptors (Lipinski definition) is 4. The first kappa shape index (κ1) is 19.6. The number of nitrogens with one attached hydrogen (secondary N) is 1. The van der Waals surface area contributed by atoms with Gasteiger partial charge in [0.25, 0.3) is 5.91 Å². The Balaban J connectivity index is 1.58. The molecule has 1 aliphatic rings. The van der Waals surface area contributed by atoms with E-state index in [4.69, 9.17) is 21.1 Å². The van der Waals surface area contributed by atoms with Crippen LogP contribution in [0.25, 0.3) is 0 Å². The molecule has 0 aliphatic carbocycles. The van der Waals surface area contributed by atoms with E-state index in [1.54, 1.807) is 30.3 Å². The average molecular weight is 393 g/mol. The van der Waals surface area contributed by atoms with Crippen molar-refractivity contribution in [2.45, 2.75) is 6.04 Å². The molecule has 7 heteroatoms. The minimum Gasteiger partial charge on any atom is -0.484 e. The second-order valence-corrected chi connectivity index (χ2v) is 6.70. The van der Waals surface area contributed by atoms with Crippen molar-refractivity contribution in [1.82, 2.24) is 10.2 Å². The summed E-state index contributed by atoms with van der Waals surface area (Å²) >= 11 is 5.83. The number of ether oxygens (including phenoxy) is 2. The standard InChI is InChI=1S/C20H22ClFN2O3/c21-16-4-6-18(7-5-16)27-14-20(25)23-13-19(24-8-10-26-11-9-24)15-2-1-3-17(22)12-15/h1-7,12,19H,8-11,13-14H2,(H,23,25). The van der Waals surface area contributed by atoms with Crippen molar-refractivity contribution in [2.75, 3.05) is 39.5 Å². The van der Waals surface area contributed by atoms with E-state index in [1.165, 1.54) is 12.1 Å². The highest BCUT2D eigenvalue weighted by Crippen LogP contribution is 2.22. The second kappa shape index (κ2) is 9.69. The van der Waals surface area contributed by atoms with E-state index < -0.39 is 0 Å². The van der Waals surface area contributed by atoms with Crippen LogP contribution in [0.15, 0.2) is 48.5 Å². The van der Waals surface area contributed by atoms with Gasteiger partial charge in [-0.1, -0.05) is 23.7 Å². The van der Waals surface area contributed by atoms with Crippen LogP contribution in [0.3, 0.4) is 0 Å². The number of hydrogen-bond donors (Lipinski definition) is 1. The lowest BCUT2D eigenvalue weighted by molar-refractivity contribution is -0.123. The van der Waals surface area contributed by atoms with Gasteiger partial charge in [-0.2, -0.15) is 0 Å². The number of morpholine rings is 1. The van der Waals surface area contributed by atoms with Crippen molar-refractivity contribution in [1.29, 1.82) is 0 Å². The van der Waals surface area contributed by atoms with Gasteiger partial charge in [0.15, 0.2) is 6.61 Å². The molecule has 1 unspecified atom stereocenters. The van der Waals surface area contributed by atoms with E-state index in [1.807, 2.05) is 6.07 Å². The number of halogens is 2. The molecule has 144 valence electrons. The van der Waals surface area contributed by atoms with E-state index in [0.717, 1.165) is 18.7 Å². The quantitative estimate of drug-likeness (QED) is 0.786. The molecule has 5 nitrogen and oxygen atoms in total. The summed E-state index contributed by atoms with van der Waals surface area (Å²) in [6, 6.07) is 13.2. The van der Waals surface area contributed by atoms with E-state index in [0.29, 0.717) is 30.5 Å². The molecule has 2 aromatic carbocycles. The molecular weight excluding hydrogens is 371 g/mol. The monoisotopic (exact) mass is 392 g/mol. The highest BCUT2D eigenvalue weighted by atomic mass is 35.5. The Kier molecular flexibility index (Phi) is 7.04. The lowest BCUT2D eigenvalue weighted by atomic mass is 10.0. The number of nitrogens with zero attached hydrogens (tertiary/aromatic N) is 1. The normalized spacial score (nSPS) is 15.9. The van der Waals surface area contributed by atoms with E-state index >= 15 is 0 Å². The number of benzene rings is 2. The van der Waals surface area contributed by atoms with Crippen molar-refractivity contribution >= 4 is 17.5 Å². The number of rotatable bonds is 7. The van der Waals surface area contributed by atoms with Gasteiger partial charge in [0.1, 0.15) is 11.6 Å². The van der Waals surface area contributed by atoms with Gasteiger partial charge in [-0.05, 0) is 42.0 Å². The van der Waals surface area contributed by atoms with Crippen LogP contribution in [0.1, 0.15) is 11.6 Å². The molecule has 0 bridgehead atoms. The first-order valence-corrected chi connectivity index (χ1v) is 9.22. The predicted octanol–water partition coefficient (Wildman–Crippen LogP) is 3.05. The van der Waals surface area contributed by atoms with Crippen LogP contribution in [0.2, 0.25) is 5.02 Å². The van der Waals surface area contributed by atoms with Crippen molar-refractivity contribution in [2.24, 2.45) is 0 Å². The minimum absolute atomic E-state index is 0.0966. The minimum atomic E-state index is -0.289. The van der Waals surface area contributed by atoms with Gasteiger partial charge in [-0.15, -0.1) is 0 Å². The molecule has 1 saturated heterocycles. The van der Waals surface area contributed by atoms with Gasteiger partial charge in [0.2, 0.25) is 0 Å². The van der Waals surface area contributed by atoms with Gasteiger partial charge in [-0.25, -0.2) is 4.39 Å². The third kappa shape index (κ3) is 5.92. The largest absolute Gasteiger partial charge is 0.484 e. The van der Waals surface area contributed by atoms with Crippen molar-refractivity contribution in [3.63, 3.8) is 0 Å². The molecule has 0 radical (unpaired) electrons. The maximum Gasteiger partial charge on any atom is 0.258 e. The highest BCUT2D eigenvalue weighted by molar-refractivity contribution is 6.30. The van der Waals surface area contributed by atoms with Gasteiger partial charge in [0, 0.05) is 24.7 Å². The van der Waals surface area contributed by atoms with Crippen LogP contribution in [0.5, 0.6) is 5.75 Å². The van der Waals surface area contributed by atoms with Gasteiger partial charge < -0.3 is 14.8 Å². The first-order chi connectivity index (χ1) is 13.1. The molecule has 27 heavy (non-hydrogen) atoms. The Hall–Kier alpha value is -2.15. The zero-order valence-corrected chi connectivity index (χ0v) is 15.6. The molecule has 1 heterocycles. The van der Waals surface area contributed by atoms with Crippen LogP contribution in [0.4, 0.5) is 4.39 Å². The zero-order chi connectivity index (χ0) is 19.1. The Labute approximate surface area is 163 Å². The summed E-state index contributed by atoms with van der Waals surface area (Å²) in [5, 5.41) is 3.49. The summed E-state index contributed by atoms with van der Waals surface area (Å²) in [5.74, 6) is 0.0483. The Bertz CT molecular complexity index is 751. The van der Waals surface area contributed by atoms with Gasteiger partial charge in [-0.3, -0.25) is 9.69 Å². The van der Waals surface area contributed by atoms with Crippen LogP contribution in [0, 0.1) is 5.82 Å². The fraction of sp³-hybridized carbons (Fsp3) is 0.350. The molecule has 1 atom stereocenters. The maximum absolute atomic E-state index is 13.7. The topological polar surface area (TPSA) is 50.8 Å². The number of amides is 1. The maximum atomic E-state index is 13.7. The van der Waals surface area contributed by atoms with Crippen LogP contribution >= 0.6 is 11.6 Å². The smallest absolute Gasteiger partial charge is 0.258 e. The van der Waals surface area contributed by atoms with Crippen molar-refractivity contribution < 1.29 is 18.7 Å². The molecule has 1 fully saturated rings. The fourth-order valence-electron chi connectivity index (χ4n) is 3.00. The summed E-state index contributed by atoms with van der Waals surface area (Å²) in [5.41, 5.74) is 0.829. The van der Waals surface area contributed by atoms with Crippen LogP contribution in [-0.4, -0.2) is 50.3 Å². The van der Waals surface area contributed by atoms with E-state index in [-0.39, 0.29) is 24.4 Å². The van der Waals surface area contributed by atoms with Gasteiger partial charge >= 0.3 is 0 Å². The lowest BCUT2D eigenvalue weighted by Gasteiger charge is -2.35. The zero-order valence-electron chi connectivity index (χ0n) is 14.9. The SMILES string of the molecule is O=C(COc1ccc(Cl)cc1)NCC(c1cccc(F)c1)N1CCOCC1. The predicted molar refractivity (Wildman–Crippen MR) is 101 cm³/mol. The summed E-state index contributed by atoms with van der Waals surface area (Å²) in [4.78, 5) is 14.4. The van der Waals surface area contributed by atoms with Crippen LogP contribution < -0.4 is 10.1 Å².